The Balaban J connectivity index is 2.63. The molecular weight excluding hydrogens is 228 g/mol. The van der Waals surface area contributed by atoms with Crippen molar-refractivity contribution < 1.29 is 9.53 Å². The largest absolute Gasteiger partial charge is 0.466 e. The van der Waals surface area contributed by atoms with Gasteiger partial charge in [0.25, 0.3) is 0 Å². The number of rotatable bonds is 6. The minimum Gasteiger partial charge on any atom is -0.466 e. The van der Waals surface area contributed by atoms with Crippen LogP contribution in [0.2, 0.25) is 0 Å². The summed E-state index contributed by atoms with van der Waals surface area (Å²) in [6.07, 6.45) is 1.46. The second-order valence-electron chi connectivity index (χ2n) is 4.73. The smallest absolute Gasteiger partial charge is 0.313 e. The van der Waals surface area contributed by atoms with Crippen molar-refractivity contribution in [1.82, 2.24) is 0 Å². The van der Waals surface area contributed by atoms with E-state index in [1.165, 1.54) is 0 Å². The van der Waals surface area contributed by atoms with Crippen molar-refractivity contribution >= 4 is 11.7 Å². The van der Waals surface area contributed by atoms with Crippen LogP contribution in [0.15, 0.2) is 24.3 Å². The molecule has 4 nitrogen and oxygen atoms in total. The fourth-order valence-corrected chi connectivity index (χ4v) is 1.70. The van der Waals surface area contributed by atoms with Gasteiger partial charge in [0.15, 0.2) is 0 Å². The van der Waals surface area contributed by atoms with E-state index >= 15 is 0 Å². The molecule has 1 unspecified atom stereocenters. The molecule has 0 aromatic heterocycles. The SMILES string of the molecule is CCOC(=O)C(C)(CN)CCc1ccc(N)cc1. The van der Waals surface area contributed by atoms with Crippen LogP contribution < -0.4 is 11.5 Å². The van der Waals surface area contributed by atoms with Crippen LogP contribution in [0.5, 0.6) is 0 Å². The van der Waals surface area contributed by atoms with Crippen molar-refractivity contribution in [3.63, 3.8) is 0 Å². The molecule has 0 spiro atoms. The molecule has 1 aromatic carbocycles. The maximum absolute atomic E-state index is 11.8. The van der Waals surface area contributed by atoms with Crippen molar-refractivity contribution in [1.29, 1.82) is 0 Å². The van der Waals surface area contributed by atoms with Crippen molar-refractivity contribution in [3.05, 3.63) is 29.8 Å². The first-order valence-electron chi connectivity index (χ1n) is 6.23. The van der Waals surface area contributed by atoms with Gasteiger partial charge in [0.2, 0.25) is 0 Å². The molecule has 100 valence electrons. The van der Waals surface area contributed by atoms with Gasteiger partial charge in [0, 0.05) is 12.2 Å². The molecule has 1 atom stereocenters. The molecule has 18 heavy (non-hydrogen) atoms. The summed E-state index contributed by atoms with van der Waals surface area (Å²) in [5.74, 6) is -0.219. The van der Waals surface area contributed by atoms with Gasteiger partial charge in [-0.15, -0.1) is 0 Å². The summed E-state index contributed by atoms with van der Waals surface area (Å²) in [7, 11) is 0. The lowest BCUT2D eigenvalue weighted by Gasteiger charge is -2.25. The maximum Gasteiger partial charge on any atom is 0.313 e. The first-order chi connectivity index (χ1) is 8.51. The number of benzene rings is 1. The molecule has 1 rings (SSSR count). The van der Waals surface area contributed by atoms with Crippen LogP contribution in [0.25, 0.3) is 0 Å². The number of hydrogen-bond donors (Lipinski definition) is 2. The Morgan fingerprint density at radius 2 is 1.94 bits per heavy atom. The Bertz CT molecular complexity index is 389. The molecule has 0 fully saturated rings. The summed E-state index contributed by atoms with van der Waals surface area (Å²) < 4.78 is 5.07. The summed E-state index contributed by atoms with van der Waals surface area (Å²) in [6.45, 7) is 4.33. The van der Waals surface area contributed by atoms with E-state index in [2.05, 4.69) is 0 Å². The molecule has 0 radical (unpaired) electrons. The zero-order valence-electron chi connectivity index (χ0n) is 11.1. The van der Waals surface area contributed by atoms with E-state index in [0.29, 0.717) is 19.6 Å². The first kappa shape index (κ1) is 14.5. The normalized spacial score (nSPS) is 13.9. The number of anilines is 1. The van der Waals surface area contributed by atoms with Crippen LogP contribution in [0.3, 0.4) is 0 Å². The van der Waals surface area contributed by atoms with Gasteiger partial charge in [0.05, 0.1) is 12.0 Å². The summed E-state index contributed by atoms with van der Waals surface area (Å²) in [5.41, 5.74) is 12.6. The summed E-state index contributed by atoms with van der Waals surface area (Å²) >= 11 is 0. The van der Waals surface area contributed by atoms with E-state index in [0.717, 1.165) is 17.7 Å². The molecule has 0 heterocycles. The third kappa shape index (κ3) is 3.74. The van der Waals surface area contributed by atoms with E-state index in [1.807, 2.05) is 31.2 Å². The topological polar surface area (TPSA) is 78.3 Å². The zero-order valence-corrected chi connectivity index (χ0v) is 11.1. The quantitative estimate of drug-likeness (QED) is 0.595. The van der Waals surface area contributed by atoms with Gasteiger partial charge in [-0.3, -0.25) is 4.79 Å². The highest BCUT2D eigenvalue weighted by Gasteiger charge is 2.32. The van der Waals surface area contributed by atoms with Crippen molar-refractivity contribution in [3.8, 4) is 0 Å². The molecule has 4 N–H and O–H groups in total. The van der Waals surface area contributed by atoms with Crippen LogP contribution >= 0.6 is 0 Å². The van der Waals surface area contributed by atoms with E-state index in [9.17, 15) is 4.79 Å². The molecule has 0 saturated carbocycles. The summed E-state index contributed by atoms with van der Waals surface area (Å²) in [4.78, 5) is 11.8. The van der Waals surface area contributed by atoms with Gasteiger partial charge >= 0.3 is 5.97 Å². The van der Waals surface area contributed by atoms with Gasteiger partial charge in [-0.25, -0.2) is 0 Å². The summed E-state index contributed by atoms with van der Waals surface area (Å²) in [5, 5.41) is 0. The third-order valence-electron chi connectivity index (χ3n) is 3.16. The lowest BCUT2D eigenvalue weighted by atomic mass is 9.84. The zero-order chi connectivity index (χ0) is 13.6. The van der Waals surface area contributed by atoms with Crippen LogP contribution in [0.1, 0.15) is 25.8 Å². The predicted molar refractivity (Wildman–Crippen MR) is 73.0 cm³/mol. The Labute approximate surface area is 108 Å². The third-order valence-corrected chi connectivity index (χ3v) is 3.16. The Kier molecular flexibility index (Phi) is 5.16. The molecular formula is C14H22N2O2. The van der Waals surface area contributed by atoms with Gasteiger partial charge < -0.3 is 16.2 Å². The maximum atomic E-state index is 11.8. The van der Waals surface area contributed by atoms with Gasteiger partial charge in [-0.05, 0) is 44.4 Å². The molecule has 4 heteroatoms. The van der Waals surface area contributed by atoms with E-state index in [4.69, 9.17) is 16.2 Å². The molecule has 1 aromatic rings. The van der Waals surface area contributed by atoms with Gasteiger partial charge in [-0.1, -0.05) is 12.1 Å². The van der Waals surface area contributed by atoms with Crippen molar-refractivity contribution in [2.45, 2.75) is 26.7 Å². The number of nitrogens with two attached hydrogens (primary N) is 2. The van der Waals surface area contributed by atoms with Crippen LogP contribution in [0, 0.1) is 5.41 Å². The second-order valence-corrected chi connectivity index (χ2v) is 4.73. The number of carbonyl (C=O) groups excluding carboxylic acids is 1. The predicted octanol–water partition coefficient (Wildman–Crippen LogP) is 1.73. The monoisotopic (exact) mass is 250 g/mol. The minimum atomic E-state index is -0.614. The van der Waals surface area contributed by atoms with Gasteiger partial charge in [-0.2, -0.15) is 0 Å². The number of ether oxygens (including phenoxy) is 1. The van der Waals surface area contributed by atoms with Crippen LogP contribution in [0.4, 0.5) is 5.69 Å². The lowest BCUT2D eigenvalue weighted by molar-refractivity contribution is -0.154. The Morgan fingerprint density at radius 1 is 1.33 bits per heavy atom. The second kappa shape index (κ2) is 6.40. The Morgan fingerprint density at radius 3 is 2.44 bits per heavy atom. The summed E-state index contributed by atoms with van der Waals surface area (Å²) in [6, 6.07) is 7.66. The average Bonchev–Trinajstić information content (AvgIpc) is 2.38. The number of nitrogen functional groups attached to an aromatic ring is 1. The number of aryl methyl sites for hydroxylation is 1. The highest BCUT2D eigenvalue weighted by molar-refractivity contribution is 5.76. The molecule has 0 bridgehead atoms. The molecule has 0 aliphatic heterocycles. The molecule has 0 aliphatic rings. The number of esters is 1. The first-order valence-corrected chi connectivity index (χ1v) is 6.23. The average molecular weight is 250 g/mol. The van der Waals surface area contributed by atoms with E-state index in [-0.39, 0.29) is 5.97 Å². The Hall–Kier alpha value is -1.55. The van der Waals surface area contributed by atoms with Crippen molar-refractivity contribution in [2.24, 2.45) is 11.1 Å². The van der Waals surface area contributed by atoms with Crippen LogP contribution in [-0.2, 0) is 16.0 Å². The fraction of sp³-hybridized carbons (Fsp3) is 0.500. The van der Waals surface area contributed by atoms with Gasteiger partial charge in [0.1, 0.15) is 0 Å². The van der Waals surface area contributed by atoms with Crippen LogP contribution in [-0.4, -0.2) is 19.1 Å². The molecule has 0 saturated heterocycles. The fourth-order valence-electron chi connectivity index (χ4n) is 1.70. The minimum absolute atomic E-state index is 0.219. The van der Waals surface area contributed by atoms with E-state index < -0.39 is 5.41 Å². The van der Waals surface area contributed by atoms with E-state index in [1.54, 1.807) is 6.92 Å². The molecule has 0 aliphatic carbocycles. The molecule has 0 amide bonds. The standard InChI is InChI=1S/C14H22N2O2/c1-3-18-13(17)14(2,10-15)9-8-11-4-6-12(16)7-5-11/h4-7H,3,8-10,15-16H2,1-2H3. The number of hydrogen-bond acceptors (Lipinski definition) is 4. The highest BCUT2D eigenvalue weighted by Crippen LogP contribution is 2.24. The lowest BCUT2D eigenvalue weighted by Crippen LogP contribution is -2.37. The number of carbonyl (C=O) groups is 1. The van der Waals surface area contributed by atoms with Crippen molar-refractivity contribution in [2.75, 3.05) is 18.9 Å². The highest BCUT2D eigenvalue weighted by atomic mass is 16.5.